The number of rotatable bonds is 10. The summed E-state index contributed by atoms with van der Waals surface area (Å²) >= 11 is 0. The van der Waals surface area contributed by atoms with E-state index in [-0.39, 0.29) is 5.91 Å². The summed E-state index contributed by atoms with van der Waals surface area (Å²) in [6, 6.07) is 0.293. The summed E-state index contributed by atoms with van der Waals surface area (Å²) < 4.78 is 0. The molecule has 3 saturated carbocycles. The molecule has 0 bridgehead atoms. The molecule has 3 fully saturated rings. The highest BCUT2D eigenvalue weighted by Crippen LogP contribution is 2.42. The second kappa shape index (κ2) is 5.88. The largest absolute Gasteiger partial charge is 0.368 e. The monoisotopic (exact) mass is 293 g/mol. The lowest BCUT2D eigenvalue weighted by molar-refractivity contribution is -0.126. The van der Waals surface area contributed by atoms with E-state index in [1.54, 1.807) is 0 Å². The lowest BCUT2D eigenvalue weighted by Gasteiger charge is -2.39. The maximum Gasteiger partial charge on any atom is 0.239 e. The summed E-state index contributed by atoms with van der Waals surface area (Å²) in [4.78, 5) is 14.9. The Bertz CT molecular complexity index is 371. The lowest BCUT2D eigenvalue weighted by atomic mass is 9.90. The predicted octanol–water partition coefficient (Wildman–Crippen LogP) is 1.74. The molecule has 0 aromatic rings. The first-order valence-corrected chi connectivity index (χ1v) is 8.79. The fourth-order valence-electron chi connectivity index (χ4n) is 3.62. The highest BCUT2D eigenvalue weighted by Gasteiger charge is 2.51. The number of primary amides is 1. The number of nitrogens with two attached hydrogens (primary N) is 1. The third kappa shape index (κ3) is 3.98. The summed E-state index contributed by atoms with van der Waals surface area (Å²) in [7, 11) is 0. The number of carbonyl (C=O) groups is 1. The van der Waals surface area contributed by atoms with Crippen molar-refractivity contribution in [3.05, 3.63) is 0 Å². The first kappa shape index (κ1) is 15.3. The van der Waals surface area contributed by atoms with Gasteiger partial charge in [0.1, 0.15) is 5.54 Å². The molecule has 120 valence electrons. The van der Waals surface area contributed by atoms with E-state index in [1.807, 2.05) is 0 Å². The molecule has 0 aromatic carbocycles. The molecule has 3 aliphatic rings. The van der Waals surface area contributed by atoms with Crippen LogP contribution in [0.4, 0.5) is 0 Å². The van der Waals surface area contributed by atoms with Gasteiger partial charge in [0.15, 0.2) is 0 Å². The molecule has 0 aliphatic heterocycles. The molecule has 21 heavy (non-hydrogen) atoms. The molecular weight excluding hydrogens is 262 g/mol. The van der Waals surface area contributed by atoms with Gasteiger partial charge in [0, 0.05) is 25.7 Å². The molecule has 1 amide bonds. The first-order valence-electron chi connectivity index (χ1n) is 8.79. The van der Waals surface area contributed by atoms with E-state index in [2.05, 4.69) is 24.1 Å². The van der Waals surface area contributed by atoms with Crippen molar-refractivity contribution >= 4 is 5.91 Å². The van der Waals surface area contributed by atoms with Crippen LogP contribution >= 0.6 is 0 Å². The Hall–Kier alpha value is -0.610. The molecule has 0 aromatic heterocycles. The fraction of sp³-hybridized carbons (Fsp3) is 0.941. The van der Waals surface area contributed by atoms with Crippen molar-refractivity contribution in [2.75, 3.05) is 19.6 Å². The normalized spacial score (nSPS) is 25.3. The van der Waals surface area contributed by atoms with Crippen LogP contribution in [0.25, 0.3) is 0 Å². The average molecular weight is 293 g/mol. The minimum absolute atomic E-state index is 0.143. The van der Waals surface area contributed by atoms with Crippen molar-refractivity contribution in [2.45, 2.75) is 64.0 Å². The second-order valence-electron chi connectivity index (χ2n) is 7.99. The standard InChI is InChI=1S/C17H31N3O/c1-12(2)19-17(16(18)21,15-7-8-15)11-20(9-13-3-4-13)10-14-5-6-14/h12-15,19H,3-11H2,1-2H3,(H2,18,21). The van der Waals surface area contributed by atoms with Crippen LogP contribution < -0.4 is 11.1 Å². The molecular formula is C17H31N3O. The summed E-state index contributed by atoms with van der Waals surface area (Å²) in [6.07, 6.45) is 7.75. The maximum absolute atomic E-state index is 12.3. The van der Waals surface area contributed by atoms with E-state index in [0.717, 1.165) is 44.3 Å². The van der Waals surface area contributed by atoms with Crippen LogP contribution in [0.15, 0.2) is 0 Å². The SMILES string of the molecule is CC(C)NC(CN(CC1CC1)CC1CC1)(C(N)=O)C1CC1. The van der Waals surface area contributed by atoms with Gasteiger partial charge in [0.2, 0.25) is 5.91 Å². The van der Waals surface area contributed by atoms with Gasteiger partial charge in [-0.1, -0.05) is 0 Å². The highest BCUT2D eigenvalue weighted by atomic mass is 16.1. The third-order valence-corrected chi connectivity index (χ3v) is 5.16. The Balaban J connectivity index is 1.71. The van der Waals surface area contributed by atoms with E-state index < -0.39 is 5.54 Å². The zero-order chi connectivity index (χ0) is 15.0. The van der Waals surface area contributed by atoms with Gasteiger partial charge in [-0.15, -0.1) is 0 Å². The highest BCUT2D eigenvalue weighted by molar-refractivity contribution is 5.86. The number of nitrogens with one attached hydrogen (secondary N) is 1. The van der Waals surface area contributed by atoms with Gasteiger partial charge >= 0.3 is 0 Å². The molecule has 0 saturated heterocycles. The Morgan fingerprint density at radius 1 is 1.14 bits per heavy atom. The van der Waals surface area contributed by atoms with E-state index in [4.69, 9.17) is 5.73 Å². The van der Waals surface area contributed by atoms with Gasteiger partial charge < -0.3 is 10.6 Å². The Morgan fingerprint density at radius 3 is 2.00 bits per heavy atom. The topological polar surface area (TPSA) is 58.4 Å². The third-order valence-electron chi connectivity index (χ3n) is 5.16. The van der Waals surface area contributed by atoms with E-state index in [0.29, 0.717) is 12.0 Å². The van der Waals surface area contributed by atoms with Gasteiger partial charge in [-0.25, -0.2) is 0 Å². The van der Waals surface area contributed by atoms with Gasteiger partial charge in [-0.2, -0.15) is 0 Å². The second-order valence-corrected chi connectivity index (χ2v) is 7.99. The van der Waals surface area contributed by atoms with Crippen molar-refractivity contribution in [3.8, 4) is 0 Å². The molecule has 3 rings (SSSR count). The van der Waals surface area contributed by atoms with Crippen LogP contribution in [-0.4, -0.2) is 42.0 Å². The summed E-state index contributed by atoms with van der Waals surface area (Å²) in [5.41, 5.74) is 5.37. The number of hydrogen-bond donors (Lipinski definition) is 2. The molecule has 0 radical (unpaired) electrons. The predicted molar refractivity (Wildman–Crippen MR) is 84.8 cm³/mol. The van der Waals surface area contributed by atoms with E-state index >= 15 is 0 Å². The minimum atomic E-state index is -0.502. The number of hydrogen-bond acceptors (Lipinski definition) is 3. The number of amides is 1. The summed E-state index contributed by atoms with van der Waals surface area (Å²) in [5.74, 6) is 2.04. The van der Waals surface area contributed by atoms with Crippen molar-refractivity contribution < 1.29 is 4.79 Å². The lowest BCUT2D eigenvalue weighted by Crippen LogP contribution is -2.65. The fourth-order valence-corrected chi connectivity index (χ4v) is 3.62. The maximum atomic E-state index is 12.3. The van der Waals surface area contributed by atoms with Crippen molar-refractivity contribution in [3.63, 3.8) is 0 Å². The van der Waals surface area contributed by atoms with Crippen LogP contribution in [0, 0.1) is 17.8 Å². The Kier molecular flexibility index (Phi) is 4.28. The quantitative estimate of drug-likeness (QED) is 0.645. The Morgan fingerprint density at radius 2 is 1.67 bits per heavy atom. The first-order chi connectivity index (χ1) is 9.99. The molecule has 0 spiro atoms. The van der Waals surface area contributed by atoms with Gasteiger partial charge in [0.25, 0.3) is 0 Å². The van der Waals surface area contributed by atoms with Crippen LogP contribution in [-0.2, 0) is 4.79 Å². The molecule has 3 aliphatic carbocycles. The molecule has 1 atom stereocenters. The smallest absolute Gasteiger partial charge is 0.239 e. The van der Waals surface area contributed by atoms with Crippen molar-refractivity contribution in [1.29, 1.82) is 0 Å². The van der Waals surface area contributed by atoms with Crippen molar-refractivity contribution in [2.24, 2.45) is 23.5 Å². The van der Waals surface area contributed by atoms with Crippen LogP contribution in [0.3, 0.4) is 0 Å². The Labute approximate surface area is 128 Å². The van der Waals surface area contributed by atoms with Gasteiger partial charge in [-0.05, 0) is 70.1 Å². The van der Waals surface area contributed by atoms with Gasteiger partial charge in [-0.3, -0.25) is 10.1 Å². The summed E-state index contributed by atoms with van der Waals surface area (Å²) in [6.45, 7) is 7.38. The molecule has 1 unspecified atom stereocenters. The van der Waals surface area contributed by atoms with Crippen LogP contribution in [0.2, 0.25) is 0 Å². The van der Waals surface area contributed by atoms with E-state index in [9.17, 15) is 4.79 Å². The number of carbonyl (C=O) groups excluding carboxylic acids is 1. The summed E-state index contributed by atoms with van der Waals surface area (Å²) in [5, 5.41) is 3.56. The molecule has 4 nitrogen and oxygen atoms in total. The number of nitrogens with zero attached hydrogens (tertiary/aromatic N) is 1. The van der Waals surface area contributed by atoms with Crippen molar-refractivity contribution in [1.82, 2.24) is 10.2 Å². The average Bonchev–Trinajstić information content (AvgIpc) is 3.24. The van der Waals surface area contributed by atoms with Gasteiger partial charge in [0.05, 0.1) is 0 Å². The zero-order valence-corrected chi connectivity index (χ0v) is 13.6. The molecule has 3 N–H and O–H groups in total. The minimum Gasteiger partial charge on any atom is -0.368 e. The van der Waals surface area contributed by atoms with Crippen LogP contribution in [0.5, 0.6) is 0 Å². The van der Waals surface area contributed by atoms with Crippen LogP contribution in [0.1, 0.15) is 52.4 Å². The zero-order valence-electron chi connectivity index (χ0n) is 13.6. The molecule has 4 heteroatoms. The van der Waals surface area contributed by atoms with E-state index in [1.165, 1.54) is 25.7 Å². The molecule has 0 heterocycles.